The zero-order valence-electron chi connectivity index (χ0n) is 19.2. The van der Waals surface area contributed by atoms with Gasteiger partial charge in [0.25, 0.3) is 0 Å². The number of ether oxygens (including phenoxy) is 1. The summed E-state index contributed by atoms with van der Waals surface area (Å²) in [5.74, 6) is -1.80. The third kappa shape index (κ3) is 4.24. The van der Waals surface area contributed by atoms with Crippen molar-refractivity contribution in [3.63, 3.8) is 0 Å². The molecule has 1 N–H and O–H groups in total. The third-order valence-corrected chi connectivity index (χ3v) is 7.88. The maximum atomic E-state index is 14.0. The van der Waals surface area contributed by atoms with E-state index in [-0.39, 0.29) is 17.3 Å². The van der Waals surface area contributed by atoms with Crippen LogP contribution in [0.15, 0.2) is 24.3 Å². The summed E-state index contributed by atoms with van der Waals surface area (Å²) in [5, 5.41) is 10.4. The summed E-state index contributed by atoms with van der Waals surface area (Å²) >= 11 is 0. The van der Waals surface area contributed by atoms with Crippen molar-refractivity contribution in [3.8, 4) is 11.3 Å². The Morgan fingerprint density at radius 1 is 1.09 bits per heavy atom. The maximum Gasteiger partial charge on any atom is 0.168 e. The largest absolute Gasteiger partial charge is 0.375 e. The van der Waals surface area contributed by atoms with E-state index in [4.69, 9.17) is 20.4 Å². The van der Waals surface area contributed by atoms with Crippen molar-refractivity contribution in [3.05, 3.63) is 41.7 Å². The molecule has 2 aliphatic heterocycles. The number of anilines is 1. The Morgan fingerprint density at radius 3 is 2.44 bits per heavy atom. The lowest BCUT2D eigenvalue weighted by Gasteiger charge is -2.53. The number of aromatic nitrogens is 2. The number of nitrogens with one attached hydrogen (secondary N) is 1. The van der Waals surface area contributed by atoms with Gasteiger partial charge in [0.1, 0.15) is 11.6 Å². The Bertz CT molecular complexity index is 1040. The molecule has 3 aliphatic rings. The first-order chi connectivity index (χ1) is 16.2. The SMILES string of the molecule is [B]C([B])(N1C[C@H]2CC(Nc3ccc(-c4cc(F)cc(F)c4F)nn3)C[C@H]2C1)C1(C)CCCCO1. The molecule has 10 heteroatoms. The summed E-state index contributed by atoms with van der Waals surface area (Å²) in [6.07, 6.45) is 4.86. The highest BCUT2D eigenvalue weighted by Crippen LogP contribution is 2.44. The molecule has 0 bridgehead atoms. The van der Waals surface area contributed by atoms with Crippen molar-refractivity contribution in [1.82, 2.24) is 15.1 Å². The van der Waals surface area contributed by atoms with E-state index < -0.39 is 28.4 Å². The van der Waals surface area contributed by atoms with E-state index in [0.717, 1.165) is 51.3 Å². The van der Waals surface area contributed by atoms with Gasteiger partial charge < -0.3 is 15.0 Å². The number of rotatable bonds is 5. The molecular weight excluding hydrogens is 439 g/mol. The van der Waals surface area contributed by atoms with E-state index in [1.807, 2.05) is 6.92 Å². The molecule has 0 amide bonds. The van der Waals surface area contributed by atoms with Crippen LogP contribution in [0.3, 0.4) is 0 Å². The minimum atomic E-state index is -1.26. The molecule has 2 saturated heterocycles. The quantitative estimate of drug-likeness (QED) is 0.539. The fraction of sp³-hybridized carbons (Fsp3) is 0.583. The molecule has 4 radical (unpaired) electrons. The van der Waals surface area contributed by atoms with Crippen LogP contribution in [0.4, 0.5) is 19.0 Å². The van der Waals surface area contributed by atoms with Gasteiger partial charge in [-0.3, -0.25) is 0 Å². The summed E-state index contributed by atoms with van der Waals surface area (Å²) in [6.45, 7) is 4.37. The van der Waals surface area contributed by atoms with Crippen LogP contribution in [0, 0.1) is 29.3 Å². The molecule has 5 nitrogen and oxygen atoms in total. The van der Waals surface area contributed by atoms with Crippen molar-refractivity contribution in [2.45, 2.75) is 56.0 Å². The molecular formula is C24H27B2F3N4O. The zero-order valence-corrected chi connectivity index (χ0v) is 19.2. The monoisotopic (exact) mass is 466 g/mol. The van der Waals surface area contributed by atoms with Crippen molar-refractivity contribution >= 4 is 21.5 Å². The second kappa shape index (κ2) is 8.86. The average Bonchev–Trinajstić information content (AvgIpc) is 3.36. The van der Waals surface area contributed by atoms with E-state index in [9.17, 15) is 13.2 Å². The lowest BCUT2D eigenvalue weighted by Crippen LogP contribution is -2.65. The molecule has 2 aromatic rings. The summed E-state index contributed by atoms with van der Waals surface area (Å²) in [4.78, 5) is 2.19. The molecule has 3 heterocycles. The molecule has 176 valence electrons. The minimum Gasteiger partial charge on any atom is -0.375 e. The van der Waals surface area contributed by atoms with Gasteiger partial charge in [-0.2, -0.15) is 0 Å². The average molecular weight is 466 g/mol. The molecule has 34 heavy (non-hydrogen) atoms. The summed E-state index contributed by atoms with van der Waals surface area (Å²) in [5.41, 5.74) is -0.737. The highest BCUT2D eigenvalue weighted by molar-refractivity contribution is 6.41. The Kier molecular flexibility index (Phi) is 6.17. The first-order valence-corrected chi connectivity index (χ1v) is 11.9. The van der Waals surface area contributed by atoms with Crippen LogP contribution in [0.25, 0.3) is 11.3 Å². The van der Waals surface area contributed by atoms with Gasteiger partial charge in [0, 0.05) is 37.4 Å². The molecule has 1 aromatic carbocycles. The molecule has 3 fully saturated rings. The summed E-state index contributed by atoms with van der Waals surface area (Å²) < 4.78 is 47.1. The van der Waals surface area contributed by atoms with Crippen molar-refractivity contribution in [2.75, 3.05) is 25.0 Å². The molecule has 0 spiro atoms. The van der Waals surface area contributed by atoms with Crippen LogP contribution in [-0.2, 0) is 4.74 Å². The third-order valence-electron chi connectivity index (χ3n) is 7.88. The van der Waals surface area contributed by atoms with Crippen molar-refractivity contribution in [2.24, 2.45) is 11.8 Å². The number of nitrogens with zero attached hydrogens (tertiary/aromatic N) is 3. The highest BCUT2D eigenvalue weighted by atomic mass is 19.2. The smallest absolute Gasteiger partial charge is 0.168 e. The van der Waals surface area contributed by atoms with Gasteiger partial charge in [0.05, 0.1) is 27.0 Å². The first kappa shape index (κ1) is 23.7. The van der Waals surface area contributed by atoms with Crippen LogP contribution in [0.1, 0.15) is 39.0 Å². The van der Waals surface area contributed by atoms with E-state index in [1.54, 1.807) is 6.07 Å². The predicted octanol–water partition coefficient (Wildman–Crippen LogP) is 3.63. The Morgan fingerprint density at radius 2 is 1.82 bits per heavy atom. The molecule has 5 rings (SSSR count). The van der Waals surface area contributed by atoms with Crippen LogP contribution in [0.5, 0.6) is 0 Å². The van der Waals surface area contributed by atoms with Crippen LogP contribution >= 0.6 is 0 Å². The maximum absolute atomic E-state index is 14.0. The number of likely N-dealkylation sites (tertiary alicyclic amines) is 1. The van der Waals surface area contributed by atoms with E-state index >= 15 is 0 Å². The Labute approximate surface area is 200 Å². The minimum absolute atomic E-state index is 0.0704. The predicted molar refractivity (Wildman–Crippen MR) is 125 cm³/mol. The number of fused-ring (bicyclic) bond motifs is 1. The Balaban J connectivity index is 1.20. The number of halogens is 3. The summed E-state index contributed by atoms with van der Waals surface area (Å²) in [7, 11) is 13.3. The van der Waals surface area contributed by atoms with Gasteiger partial charge in [-0.15, -0.1) is 10.2 Å². The number of hydrogen-bond acceptors (Lipinski definition) is 5. The number of hydrogen-bond donors (Lipinski definition) is 1. The molecule has 4 atom stereocenters. The topological polar surface area (TPSA) is 50.3 Å². The van der Waals surface area contributed by atoms with E-state index in [0.29, 0.717) is 30.3 Å². The lowest BCUT2D eigenvalue weighted by atomic mass is 9.50. The lowest BCUT2D eigenvalue weighted by molar-refractivity contribution is -0.106. The van der Waals surface area contributed by atoms with E-state index in [2.05, 4.69) is 20.4 Å². The molecule has 1 saturated carbocycles. The molecule has 1 aromatic heterocycles. The molecule has 2 unspecified atom stereocenters. The van der Waals surface area contributed by atoms with Crippen LogP contribution < -0.4 is 5.32 Å². The van der Waals surface area contributed by atoms with Gasteiger partial charge in [0.2, 0.25) is 0 Å². The van der Waals surface area contributed by atoms with Gasteiger partial charge in [-0.05, 0) is 74.4 Å². The van der Waals surface area contributed by atoms with Gasteiger partial charge in [-0.1, -0.05) is 0 Å². The first-order valence-electron chi connectivity index (χ1n) is 11.9. The fourth-order valence-corrected chi connectivity index (χ4v) is 5.81. The van der Waals surface area contributed by atoms with Gasteiger partial charge >= 0.3 is 0 Å². The standard InChI is InChI=1S/C24H27B2F3N4O/c1-23(6-2-3-7-34-23)24(25,26)33-12-14-8-17(9-15(14)13-33)30-21-5-4-20(31-32-21)18-10-16(27)11-19(28)22(18)29/h4-5,10-11,14-15,17H,2-3,6-9,12-13H2,1H3,(H,30,32)/t14-,15+,17?,23?. The summed E-state index contributed by atoms with van der Waals surface area (Å²) in [6, 6.07) is 4.78. The van der Waals surface area contributed by atoms with Crippen LogP contribution in [0.2, 0.25) is 0 Å². The normalized spacial score (nSPS) is 29.8. The zero-order chi connectivity index (χ0) is 24.1. The number of benzene rings is 1. The second-order valence-corrected chi connectivity index (χ2v) is 10.2. The fourth-order valence-electron chi connectivity index (χ4n) is 5.81. The Hall–Kier alpha value is -2.06. The van der Waals surface area contributed by atoms with Crippen molar-refractivity contribution < 1.29 is 17.9 Å². The van der Waals surface area contributed by atoms with Gasteiger partial charge in [-0.25, -0.2) is 13.2 Å². The molecule has 1 aliphatic carbocycles. The highest BCUT2D eigenvalue weighted by Gasteiger charge is 2.51. The van der Waals surface area contributed by atoms with Crippen molar-refractivity contribution in [1.29, 1.82) is 0 Å². The van der Waals surface area contributed by atoms with Gasteiger partial charge in [0.15, 0.2) is 11.6 Å². The van der Waals surface area contributed by atoms with Crippen LogP contribution in [-0.4, -0.2) is 67.5 Å². The second-order valence-electron chi connectivity index (χ2n) is 10.2. The van der Waals surface area contributed by atoms with E-state index in [1.165, 1.54) is 6.07 Å².